The van der Waals surface area contributed by atoms with E-state index < -0.39 is 10.2 Å². The van der Waals surface area contributed by atoms with Gasteiger partial charge in [-0.25, -0.2) is 0 Å². The number of nitrogens with zero attached hydrogens (tertiary/aromatic N) is 1. The summed E-state index contributed by atoms with van der Waals surface area (Å²) in [6.07, 6.45) is 3.81. The quantitative estimate of drug-likeness (QED) is 0.722. The van der Waals surface area contributed by atoms with Gasteiger partial charge in [0, 0.05) is 18.6 Å². The molecule has 0 unspecified atom stereocenters. The van der Waals surface area contributed by atoms with E-state index in [1.54, 1.807) is 4.31 Å². The van der Waals surface area contributed by atoms with Crippen LogP contribution >= 0.6 is 0 Å². The minimum atomic E-state index is -3.25. The predicted octanol–water partition coefficient (Wildman–Crippen LogP) is 0.0571. The smallest absolute Gasteiger partial charge is 0.279 e. The molecule has 2 rings (SSSR count). The molecular weight excluding hydrogens is 226 g/mol. The zero-order chi connectivity index (χ0) is 11.6. The molecule has 2 N–H and O–H groups in total. The first-order valence-electron chi connectivity index (χ1n) is 6.13. The minimum absolute atomic E-state index is 0.169. The number of hydrogen-bond donors (Lipinski definition) is 2. The third-order valence-corrected chi connectivity index (χ3v) is 5.03. The van der Waals surface area contributed by atoms with Crippen molar-refractivity contribution in [1.29, 1.82) is 0 Å². The summed E-state index contributed by atoms with van der Waals surface area (Å²) in [4.78, 5) is 0. The van der Waals surface area contributed by atoms with Crippen molar-refractivity contribution >= 4 is 10.2 Å². The second-order valence-corrected chi connectivity index (χ2v) is 6.24. The van der Waals surface area contributed by atoms with Crippen molar-refractivity contribution in [3.05, 3.63) is 0 Å². The number of rotatable bonds is 5. The van der Waals surface area contributed by atoms with Gasteiger partial charge >= 0.3 is 0 Å². The van der Waals surface area contributed by atoms with Gasteiger partial charge in [0.25, 0.3) is 10.2 Å². The lowest BCUT2D eigenvalue weighted by Crippen LogP contribution is -2.50. The molecule has 1 aliphatic heterocycles. The van der Waals surface area contributed by atoms with Gasteiger partial charge in [-0.2, -0.15) is 17.4 Å². The highest BCUT2D eigenvalue weighted by Crippen LogP contribution is 2.22. The third-order valence-electron chi connectivity index (χ3n) is 3.23. The largest absolute Gasteiger partial charge is 0.317 e. The van der Waals surface area contributed by atoms with E-state index in [0.717, 1.165) is 38.8 Å². The van der Waals surface area contributed by atoms with Gasteiger partial charge in [-0.15, -0.1) is 0 Å². The number of nitrogens with one attached hydrogen (secondary N) is 2. The first-order valence-corrected chi connectivity index (χ1v) is 7.57. The van der Waals surface area contributed by atoms with Gasteiger partial charge in [-0.3, -0.25) is 0 Å². The Kier molecular flexibility index (Phi) is 3.84. The van der Waals surface area contributed by atoms with Gasteiger partial charge in [-0.05, 0) is 38.8 Å². The summed E-state index contributed by atoms with van der Waals surface area (Å²) < 4.78 is 28.6. The van der Waals surface area contributed by atoms with Crippen molar-refractivity contribution in [2.75, 3.05) is 19.6 Å². The molecule has 16 heavy (non-hydrogen) atoms. The van der Waals surface area contributed by atoms with Crippen molar-refractivity contribution < 1.29 is 8.42 Å². The molecule has 1 saturated carbocycles. The van der Waals surface area contributed by atoms with Gasteiger partial charge in [0.1, 0.15) is 0 Å². The summed E-state index contributed by atoms with van der Waals surface area (Å²) in [5.41, 5.74) is 0. The zero-order valence-electron chi connectivity index (χ0n) is 9.78. The van der Waals surface area contributed by atoms with Gasteiger partial charge in [0.15, 0.2) is 0 Å². The van der Waals surface area contributed by atoms with E-state index in [2.05, 4.69) is 10.0 Å². The normalized spacial score (nSPS) is 23.9. The molecule has 1 saturated heterocycles. The van der Waals surface area contributed by atoms with Crippen LogP contribution in [-0.2, 0) is 10.2 Å². The highest BCUT2D eigenvalue weighted by Gasteiger charge is 2.34. The van der Waals surface area contributed by atoms with Crippen LogP contribution in [0.2, 0.25) is 0 Å². The Morgan fingerprint density at radius 3 is 2.38 bits per heavy atom. The van der Waals surface area contributed by atoms with Crippen LogP contribution in [0.3, 0.4) is 0 Å². The van der Waals surface area contributed by atoms with Crippen LogP contribution in [0, 0.1) is 0 Å². The molecule has 1 heterocycles. The molecule has 0 aromatic heterocycles. The maximum absolute atomic E-state index is 12.1. The summed E-state index contributed by atoms with van der Waals surface area (Å²) in [6.45, 7) is 4.31. The van der Waals surface area contributed by atoms with E-state index in [1.165, 1.54) is 0 Å². The third kappa shape index (κ3) is 2.94. The van der Waals surface area contributed by atoms with Crippen LogP contribution in [0.1, 0.15) is 32.6 Å². The highest BCUT2D eigenvalue weighted by atomic mass is 32.2. The maximum Gasteiger partial charge on any atom is 0.279 e. The van der Waals surface area contributed by atoms with E-state index in [1.807, 2.05) is 6.92 Å². The first-order chi connectivity index (χ1) is 7.63. The summed E-state index contributed by atoms with van der Waals surface area (Å²) in [5, 5.41) is 3.26. The summed E-state index contributed by atoms with van der Waals surface area (Å²) in [5.74, 6) is 0. The Balaban J connectivity index is 2.01. The molecule has 0 aromatic rings. The lowest BCUT2D eigenvalue weighted by Gasteiger charge is -2.32. The second-order valence-electron chi connectivity index (χ2n) is 4.58. The van der Waals surface area contributed by atoms with E-state index in [-0.39, 0.29) is 12.1 Å². The van der Waals surface area contributed by atoms with Gasteiger partial charge in [0.05, 0.1) is 0 Å². The summed E-state index contributed by atoms with van der Waals surface area (Å²) in [6, 6.07) is 0.364. The van der Waals surface area contributed by atoms with E-state index in [0.29, 0.717) is 6.54 Å². The molecule has 0 bridgehead atoms. The van der Waals surface area contributed by atoms with Crippen molar-refractivity contribution in [2.45, 2.75) is 44.7 Å². The lowest BCUT2D eigenvalue weighted by atomic mass is 10.1. The Bertz CT molecular complexity index is 321. The maximum atomic E-state index is 12.1. The Labute approximate surface area is 97.8 Å². The average Bonchev–Trinajstić information content (AvgIpc) is 3.03. The SMILES string of the molecule is CCN(C1CCNCC1)S(=O)(=O)NC1CC1. The van der Waals surface area contributed by atoms with Crippen LogP contribution in [0.4, 0.5) is 0 Å². The van der Waals surface area contributed by atoms with Crippen molar-refractivity contribution in [1.82, 2.24) is 14.3 Å². The molecule has 0 spiro atoms. The van der Waals surface area contributed by atoms with Crippen molar-refractivity contribution in [2.24, 2.45) is 0 Å². The van der Waals surface area contributed by atoms with E-state index >= 15 is 0 Å². The molecular formula is C10H21N3O2S. The molecule has 94 valence electrons. The topological polar surface area (TPSA) is 61.4 Å². The molecule has 5 nitrogen and oxygen atoms in total. The van der Waals surface area contributed by atoms with Crippen molar-refractivity contribution in [3.8, 4) is 0 Å². The van der Waals surface area contributed by atoms with Crippen LogP contribution in [0.15, 0.2) is 0 Å². The molecule has 2 aliphatic rings. The van der Waals surface area contributed by atoms with Crippen LogP contribution in [0.25, 0.3) is 0 Å². The molecule has 0 atom stereocenters. The van der Waals surface area contributed by atoms with Gasteiger partial charge in [-0.1, -0.05) is 6.92 Å². The molecule has 1 aliphatic carbocycles. The van der Waals surface area contributed by atoms with Gasteiger partial charge in [0.2, 0.25) is 0 Å². The highest BCUT2D eigenvalue weighted by molar-refractivity contribution is 7.87. The van der Waals surface area contributed by atoms with E-state index in [4.69, 9.17) is 0 Å². The lowest BCUT2D eigenvalue weighted by molar-refractivity contribution is 0.267. The number of hydrogen-bond acceptors (Lipinski definition) is 3. The molecule has 0 aromatic carbocycles. The fourth-order valence-electron chi connectivity index (χ4n) is 2.20. The first kappa shape index (κ1) is 12.3. The fourth-order valence-corrected chi connectivity index (χ4v) is 3.93. The van der Waals surface area contributed by atoms with Crippen molar-refractivity contribution in [3.63, 3.8) is 0 Å². The Hall–Kier alpha value is -0.170. The van der Waals surface area contributed by atoms with Gasteiger partial charge < -0.3 is 5.32 Å². The predicted molar refractivity (Wildman–Crippen MR) is 63.3 cm³/mol. The molecule has 0 radical (unpaired) electrons. The van der Waals surface area contributed by atoms with E-state index in [9.17, 15) is 8.42 Å². The van der Waals surface area contributed by atoms with Crippen LogP contribution < -0.4 is 10.0 Å². The van der Waals surface area contributed by atoms with Crippen LogP contribution in [0.5, 0.6) is 0 Å². The average molecular weight is 247 g/mol. The molecule has 0 amide bonds. The van der Waals surface area contributed by atoms with Crippen LogP contribution in [-0.4, -0.2) is 44.4 Å². The second kappa shape index (κ2) is 5.00. The number of piperidine rings is 1. The monoisotopic (exact) mass is 247 g/mol. The standard InChI is InChI=1S/C10H21N3O2S/c1-2-13(10-5-7-11-8-6-10)16(14,15)12-9-3-4-9/h9-12H,2-8H2,1H3. The Morgan fingerprint density at radius 2 is 1.88 bits per heavy atom. The fraction of sp³-hybridized carbons (Fsp3) is 1.00. The minimum Gasteiger partial charge on any atom is -0.317 e. The molecule has 2 fully saturated rings. The summed E-state index contributed by atoms with van der Waals surface area (Å²) >= 11 is 0. The Morgan fingerprint density at radius 1 is 1.25 bits per heavy atom. The molecule has 6 heteroatoms. The summed E-state index contributed by atoms with van der Waals surface area (Å²) in [7, 11) is -3.25. The zero-order valence-corrected chi connectivity index (χ0v) is 10.6.